The molecule has 28 heavy (non-hydrogen) atoms. The number of sulfone groups is 1. The summed E-state index contributed by atoms with van der Waals surface area (Å²) < 4.78 is 29.1. The molecule has 2 fully saturated rings. The van der Waals surface area contributed by atoms with Gasteiger partial charge in [0, 0.05) is 19.2 Å². The first-order valence-electron chi connectivity index (χ1n) is 9.86. The van der Waals surface area contributed by atoms with Gasteiger partial charge in [-0.15, -0.1) is 24.0 Å². The lowest BCUT2D eigenvalue weighted by molar-refractivity contribution is 0.0165. The fraction of sp³-hybridized carbons (Fsp3) is 0.650. The normalized spacial score (nSPS) is 28.2. The third-order valence-electron chi connectivity index (χ3n) is 5.31. The van der Waals surface area contributed by atoms with E-state index in [1.165, 1.54) is 5.56 Å². The Morgan fingerprint density at radius 1 is 1.29 bits per heavy atom. The van der Waals surface area contributed by atoms with E-state index in [1.807, 2.05) is 18.2 Å². The van der Waals surface area contributed by atoms with Crippen molar-refractivity contribution in [2.75, 3.05) is 24.7 Å². The Morgan fingerprint density at radius 3 is 2.68 bits per heavy atom. The molecule has 2 heterocycles. The van der Waals surface area contributed by atoms with Crippen LogP contribution in [0.5, 0.6) is 0 Å². The van der Waals surface area contributed by atoms with E-state index in [-0.39, 0.29) is 47.8 Å². The van der Waals surface area contributed by atoms with Gasteiger partial charge >= 0.3 is 0 Å². The highest BCUT2D eigenvalue weighted by Crippen LogP contribution is 2.19. The number of nitrogens with zero attached hydrogens (tertiary/aromatic N) is 1. The summed E-state index contributed by atoms with van der Waals surface area (Å²) in [5, 5.41) is 7.03. The number of nitrogens with one attached hydrogen (secondary N) is 2. The zero-order valence-corrected chi connectivity index (χ0v) is 19.8. The molecule has 0 amide bonds. The van der Waals surface area contributed by atoms with Crippen LogP contribution in [0.1, 0.15) is 44.7 Å². The quantitative estimate of drug-likeness (QED) is 0.354. The first-order valence-corrected chi connectivity index (χ1v) is 11.7. The number of benzene rings is 1. The van der Waals surface area contributed by atoms with Crippen LogP contribution in [-0.4, -0.2) is 51.2 Å². The van der Waals surface area contributed by atoms with Gasteiger partial charge in [0.25, 0.3) is 0 Å². The molecular formula is C20H32IN3O3S. The van der Waals surface area contributed by atoms with Gasteiger partial charge in [-0.3, -0.25) is 4.99 Å². The van der Waals surface area contributed by atoms with Gasteiger partial charge in [0.2, 0.25) is 0 Å². The molecule has 4 unspecified atom stereocenters. The van der Waals surface area contributed by atoms with Gasteiger partial charge in [-0.25, -0.2) is 8.42 Å². The van der Waals surface area contributed by atoms with Crippen molar-refractivity contribution >= 4 is 39.8 Å². The first-order chi connectivity index (χ1) is 12.9. The van der Waals surface area contributed by atoms with Crippen LogP contribution >= 0.6 is 24.0 Å². The van der Waals surface area contributed by atoms with E-state index in [0.717, 1.165) is 25.4 Å². The number of aliphatic imine (C=N–C) groups is 1. The summed E-state index contributed by atoms with van der Waals surface area (Å²) in [6.07, 6.45) is 2.84. The van der Waals surface area contributed by atoms with E-state index >= 15 is 0 Å². The Morgan fingerprint density at radius 2 is 2.04 bits per heavy atom. The second kappa shape index (κ2) is 10.8. The second-order valence-corrected chi connectivity index (χ2v) is 10.0. The molecule has 0 aliphatic carbocycles. The van der Waals surface area contributed by atoms with Crippen molar-refractivity contribution in [2.45, 2.75) is 51.3 Å². The van der Waals surface area contributed by atoms with E-state index in [0.29, 0.717) is 24.8 Å². The molecule has 2 aliphatic rings. The molecule has 158 valence electrons. The minimum atomic E-state index is -2.87. The lowest BCUT2D eigenvalue weighted by atomic mass is 10.0. The summed E-state index contributed by atoms with van der Waals surface area (Å²) in [7, 11) is -2.87. The monoisotopic (exact) mass is 521 g/mol. The minimum absolute atomic E-state index is 0. The highest BCUT2D eigenvalue weighted by molar-refractivity contribution is 14.0. The average Bonchev–Trinajstić information content (AvgIpc) is 2.99. The number of hydrogen-bond acceptors (Lipinski definition) is 4. The van der Waals surface area contributed by atoms with Crippen LogP contribution in [0.25, 0.3) is 0 Å². The third kappa shape index (κ3) is 7.18. The summed E-state index contributed by atoms with van der Waals surface area (Å²) in [4.78, 5) is 4.75. The highest BCUT2D eigenvalue weighted by atomic mass is 127. The Kier molecular flexibility index (Phi) is 9.01. The predicted octanol–water partition coefficient (Wildman–Crippen LogP) is 2.90. The van der Waals surface area contributed by atoms with Gasteiger partial charge in [-0.1, -0.05) is 30.3 Å². The van der Waals surface area contributed by atoms with Gasteiger partial charge in [-0.05, 0) is 44.6 Å². The van der Waals surface area contributed by atoms with Gasteiger partial charge < -0.3 is 15.4 Å². The SMILES string of the molecule is CC1CC(NC(=NCC2CCS(=O)(=O)C2)NC(C)c2ccccc2)CCO1.I. The van der Waals surface area contributed by atoms with Gasteiger partial charge in [0.1, 0.15) is 0 Å². The van der Waals surface area contributed by atoms with Crippen molar-refractivity contribution in [3.05, 3.63) is 35.9 Å². The fourth-order valence-corrected chi connectivity index (χ4v) is 5.57. The molecule has 0 radical (unpaired) electrons. The summed E-state index contributed by atoms with van der Waals surface area (Å²) in [5.41, 5.74) is 1.19. The predicted molar refractivity (Wildman–Crippen MR) is 124 cm³/mol. The maximum atomic E-state index is 11.7. The molecule has 2 aliphatic heterocycles. The second-order valence-electron chi connectivity index (χ2n) is 7.78. The lowest BCUT2D eigenvalue weighted by Crippen LogP contribution is -2.47. The standard InChI is InChI=1S/C20H31N3O3S.HI/c1-15-12-19(8-10-26-15)23-20(21-13-17-9-11-27(24,25)14-17)22-16(2)18-6-4-3-5-7-18;/h3-7,15-17,19H,8-14H2,1-2H3,(H2,21,22,23);1H. The van der Waals surface area contributed by atoms with Crippen molar-refractivity contribution in [1.82, 2.24) is 10.6 Å². The molecule has 4 atom stereocenters. The average molecular weight is 521 g/mol. The van der Waals surface area contributed by atoms with Gasteiger partial charge in [0.15, 0.2) is 15.8 Å². The molecule has 0 aromatic heterocycles. The number of rotatable bonds is 5. The van der Waals surface area contributed by atoms with E-state index < -0.39 is 9.84 Å². The number of ether oxygens (including phenoxy) is 1. The molecule has 6 nitrogen and oxygen atoms in total. The summed E-state index contributed by atoms with van der Waals surface area (Å²) >= 11 is 0. The zero-order valence-electron chi connectivity index (χ0n) is 16.6. The molecule has 1 aromatic carbocycles. The lowest BCUT2D eigenvalue weighted by Gasteiger charge is -2.30. The highest BCUT2D eigenvalue weighted by Gasteiger charge is 2.28. The number of halogens is 1. The third-order valence-corrected chi connectivity index (χ3v) is 7.15. The van der Waals surface area contributed by atoms with Crippen molar-refractivity contribution in [1.29, 1.82) is 0 Å². The Hall–Kier alpha value is -0.870. The van der Waals surface area contributed by atoms with Crippen LogP contribution in [0.15, 0.2) is 35.3 Å². The maximum absolute atomic E-state index is 11.7. The molecule has 2 N–H and O–H groups in total. The topological polar surface area (TPSA) is 79.8 Å². The smallest absolute Gasteiger partial charge is 0.191 e. The Balaban J connectivity index is 0.00000280. The first kappa shape index (κ1) is 23.4. The van der Waals surface area contributed by atoms with Crippen LogP contribution in [0.4, 0.5) is 0 Å². The molecular weight excluding hydrogens is 489 g/mol. The molecule has 2 saturated heterocycles. The summed E-state index contributed by atoms with van der Waals surface area (Å²) in [6, 6.07) is 10.7. The van der Waals surface area contributed by atoms with Crippen molar-refractivity contribution < 1.29 is 13.2 Å². The molecule has 3 rings (SSSR count). The van der Waals surface area contributed by atoms with E-state index in [4.69, 9.17) is 9.73 Å². The largest absolute Gasteiger partial charge is 0.378 e. The molecule has 1 aromatic rings. The van der Waals surface area contributed by atoms with Crippen LogP contribution in [0.3, 0.4) is 0 Å². The van der Waals surface area contributed by atoms with Crippen LogP contribution in [0, 0.1) is 5.92 Å². The van der Waals surface area contributed by atoms with E-state index in [2.05, 4.69) is 36.6 Å². The van der Waals surface area contributed by atoms with Crippen LogP contribution in [-0.2, 0) is 14.6 Å². The molecule has 8 heteroatoms. The number of guanidine groups is 1. The van der Waals surface area contributed by atoms with Gasteiger partial charge in [-0.2, -0.15) is 0 Å². The van der Waals surface area contributed by atoms with Crippen LogP contribution < -0.4 is 10.6 Å². The Bertz CT molecular complexity index is 742. The number of hydrogen-bond donors (Lipinski definition) is 2. The minimum Gasteiger partial charge on any atom is -0.378 e. The maximum Gasteiger partial charge on any atom is 0.191 e. The summed E-state index contributed by atoms with van der Waals surface area (Å²) in [6.45, 7) is 5.49. The zero-order chi connectivity index (χ0) is 19.3. The van der Waals surface area contributed by atoms with Crippen molar-refractivity contribution in [2.24, 2.45) is 10.9 Å². The molecule has 0 spiro atoms. The van der Waals surface area contributed by atoms with Crippen LogP contribution in [0.2, 0.25) is 0 Å². The van der Waals surface area contributed by atoms with E-state index in [9.17, 15) is 8.42 Å². The molecule has 0 bridgehead atoms. The fourth-order valence-electron chi connectivity index (χ4n) is 3.72. The summed E-state index contributed by atoms with van der Waals surface area (Å²) in [5.74, 6) is 1.43. The van der Waals surface area contributed by atoms with Crippen molar-refractivity contribution in [3.8, 4) is 0 Å². The van der Waals surface area contributed by atoms with E-state index in [1.54, 1.807) is 0 Å². The van der Waals surface area contributed by atoms with Crippen molar-refractivity contribution in [3.63, 3.8) is 0 Å². The van der Waals surface area contributed by atoms with Gasteiger partial charge in [0.05, 0.1) is 23.7 Å². The molecule has 0 saturated carbocycles. The Labute approximate surface area is 185 Å².